The van der Waals surface area contributed by atoms with Gasteiger partial charge in [-0.25, -0.2) is 4.98 Å². The molecular formula is C6H4Br2N. The van der Waals surface area contributed by atoms with Crippen molar-refractivity contribution in [1.82, 2.24) is 4.98 Å². The van der Waals surface area contributed by atoms with Gasteiger partial charge in [0.25, 0.3) is 0 Å². The molecule has 0 amide bonds. The number of rotatable bonds is 0. The third kappa shape index (κ3) is 1.76. The van der Waals surface area contributed by atoms with Crippen LogP contribution in [0.25, 0.3) is 0 Å². The third-order valence-electron chi connectivity index (χ3n) is 0.929. The molecule has 47 valence electrons. The van der Waals surface area contributed by atoms with Gasteiger partial charge in [0, 0.05) is 8.95 Å². The molecule has 0 aliphatic carbocycles. The lowest BCUT2D eigenvalue weighted by atomic mass is 10.4. The van der Waals surface area contributed by atoms with E-state index in [1.54, 1.807) is 0 Å². The number of aryl methyl sites for hydroxylation is 1. The third-order valence-corrected chi connectivity index (χ3v) is 2.14. The SMILES string of the molecule is Cc1n[c]c(Br)cc1Br. The summed E-state index contributed by atoms with van der Waals surface area (Å²) in [5.74, 6) is 0. The van der Waals surface area contributed by atoms with Crippen molar-refractivity contribution in [1.29, 1.82) is 0 Å². The number of hydrogen-bond donors (Lipinski definition) is 0. The summed E-state index contributed by atoms with van der Waals surface area (Å²) < 4.78 is 1.88. The van der Waals surface area contributed by atoms with Crippen molar-refractivity contribution in [2.24, 2.45) is 0 Å². The summed E-state index contributed by atoms with van der Waals surface area (Å²) in [7, 11) is 0. The predicted molar refractivity (Wildman–Crippen MR) is 43.2 cm³/mol. The van der Waals surface area contributed by atoms with Crippen molar-refractivity contribution in [2.45, 2.75) is 6.92 Å². The van der Waals surface area contributed by atoms with E-state index in [9.17, 15) is 0 Å². The second kappa shape index (κ2) is 2.80. The molecule has 0 saturated carbocycles. The quantitative estimate of drug-likeness (QED) is 0.689. The maximum Gasteiger partial charge on any atom is 0.104 e. The van der Waals surface area contributed by atoms with Gasteiger partial charge in [-0.1, -0.05) is 0 Å². The predicted octanol–water partition coefficient (Wildman–Crippen LogP) is 2.72. The average molecular weight is 250 g/mol. The van der Waals surface area contributed by atoms with Crippen LogP contribution in [-0.2, 0) is 0 Å². The molecule has 9 heavy (non-hydrogen) atoms. The highest BCUT2D eigenvalue weighted by Gasteiger charge is 1.94. The first-order valence-corrected chi connectivity index (χ1v) is 3.99. The van der Waals surface area contributed by atoms with Crippen LogP contribution in [0.1, 0.15) is 5.69 Å². The minimum Gasteiger partial charge on any atom is -0.249 e. The van der Waals surface area contributed by atoms with E-state index in [1.807, 2.05) is 13.0 Å². The minimum absolute atomic E-state index is 0.875. The lowest BCUT2D eigenvalue weighted by molar-refractivity contribution is 1.16. The Labute approximate surface area is 70.8 Å². The van der Waals surface area contributed by atoms with Crippen molar-refractivity contribution in [3.63, 3.8) is 0 Å². The topological polar surface area (TPSA) is 12.9 Å². The van der Waals surface area contributed by atoms with Gasteiger partial charge >= 0.3 is 0 Å². The van der Waals surface area contributed by atoms with Gasteiger partial charge in [-0.3, -0.25) is 0 Å². The molecule has 0 unspecified atom stereocenters. The molecule has 3 heteroatoms. The molecule has 0 aromatic carbocycles. The molecular weight excluding hydrogens is 246 g/mol. The van der Waals surface area contributed by atoms with Crippen LogP contribution in [0, 0.1) is 13.1 Å². The van der Waals surface area contributed by atoms with Gasteiger partial charge in [-0.15, -0.1) is 0 Å². The van der Waals surface area contributed by atoms with E-state index >= 15 is 0 Å². The fourth-order valence-electron chi connectivity index (χ4n) is 0.439. The molecule has 0 N–H and O–H groups in total. The summed E-state index contributed by atoms with van der Waals surface area (Å²) >= 11 is 6.58. The van der Waals surface area contributed by atoms with Gasteiger partial charge in [-0.05, 0) is 44.8 Å². The molecule has 1 rings (SSSR count). The summed E-state index contributed by atoms with van der Waals surface area (Å²) in [6.07, 6.45) is 2.78. The van der Waals surface area contributed by atoms with Gasteiger partial charge in [0.2, 0.25) is 0 Å². The van der Waals surface area contributed by atoms with Crippen LogP contribution in [0.3, 0.4) is 0 Å². The summed E-state index contributed by atoms with van der Waals surface area (Å²) in [5, 5.41) is 0. The summed E-state index contributed by atoms with van der Waals surface area (Å²) in [6, 6.07) is 1.92. The lowest BCUT2D eigenvalue weighted by Gasteiger charge is -1.93. The van der Waals surface area contributed by atoms with Crippen LogP contribution >= 0.6 is 31.9 Å². The molecule has 0 atom stereocenters. The van der Waals surface area contributed by atoms with E-state index in [0.717, 1.165) is 14.6 Å². The second-order valence-corrected chi connectivity index (χ2v) is 3.36. The second-order valence-electron chi connectivity index (χ2n) is 1.65. The van der Waals surface area contributed by atoms with Crippen molar-refractivity contribution in [2.75, 3.05) is 0 Å². The number of hydrogen-bond acceptors (Lipinski definition) is 1. The Hall–Kier alpha value is 0.110. The first-order valence-electron chi connectivity index (χ1n) is 2.40. The highest BCUT2D eigenvalue weighted by Crippen LogP contribution is 2.17. The van der Waals surface area contributed by atoms with Crippen LogP contribution in [0.2, 0.25) is 0 Å². The van der Waals surface area contributed by atoms with Crippen LogP contribution in [0.4, 0.5) is 0 Å². The Balaban J connectivity index is 3.17. The van der Waals surface area contributed by atoms with E-state index < -0.39 is 0 Å². The summed E-state index contributed by atoms with van der Waals surface area (Å²) in [6.45, 7) is 1.92. The fraction of sp³-hybridized carbons (Fsp3) is 0.167. The molecule has 0 fully saturated rings. The van der Waals surface area contributed by atoms with Gasteiger partial charge in [0.15, 0.2) is 0 Å². The molecule has 1 aromatic heterocycles. The van der Waals surface area contributed by atoms with E-state index in [-0.39, 0.29) is 0 Å². The van der Waals surface area contributed by atoms with E-state index in [2.05, 4.69) is 43.0 Å². The number of aromatic nitrogens is 1. The Morgan fingerprint density at radius 2 is 2.22 bits per heavy atom. The zero-order valence-corrected chi connectivity index (χ0v) is 7.95. The molecule has 1 heterocycles. The van der Waals surface area contributed by atoms with Crippen molar-refractivity contribution >= 4 is 31.9 Å². The molecule has 0 saturated heterocycles. The zero-order chi connectivity index (χ0) is 6.85. The molecule has 1 aromatic rings. The fourth-order valence-corrected chi connectivity index (χ4v) is 1.38. The monoisotopic (exact) mass is 248 g/mol. The lowest BCUT2D eigenvalue weighted by Crippen LogP contribution is -1.80. The highest BCUT2D eigenvalue weighted by atomic mass is 79.9. The van der Waals surface area contributed by atoms with Crippen LogP contribution in [-0.4, -0.2) is 4.98 Å². The smallest absolute Gasteiger partial charge is 0.104 e. The Morgan fingerprint density at radius 1 is 1.56 bits per heavy atom. The van der Waals surface area contributed by atoms with E-state index in [0.29, 0.717) is 0 Å². The van der Waals surface area contributed by atoms with Crippen LogP contribution < -0.4 is 0 Å². The first-order chi connectivity index (χ1) is 4.20. The van der Waals surface area contributed by atoms with Gasteiger partial charge in [-0.2, -0.15) is 0 Å². The first kappa shape index (κ1) is 7.22. The molecule has 0 spiro atoms. The van der Waals surface area contributed by atoms with Crippen LogP contribution in [0.15, 0.2) is 15.0 Å². The van der Waals surface area contributed by atoms with Crippen LogP contribution in [0.5, 0.6) is 0 Å². The molecule has 1 nitrogen and oxygen atoms in total. The van der Waals surface area contributed by atoms with Gasteiger partial charge in [0.1, 0.15) is 6.20 Å². The Kier molecular flexibility index (Phi) is 2.24. The number of nitrogens with zero attached hydrogens (tertiary/aromatic N) is 1. The number of pyridine rings is 1. The molecule has 0 aliphatic heterocycles. The zero-order valence-electron chi connectivity index (χ0n) is 4.78. The summed E-state index contributed by atoms with van der Waals surface area (Å²) in [5.41, 5.74) is 0.957. The molecule has 0 bridgehead atoms. The number of halogens is 2. The average Bonchev–Trinajstić information content (AvgIpc) is 1.80. The van der Waals surface area contributed by atoms with Crippen molar-refractivity contribution in [3.8, 4) is 0 Å². The Bertz CT molecular complexity index is 222. The van der Waals surface area contributed by atoms with Crippen molar-refractivity contribution in [3.05, 3.63) is 26.9 Å². The standard InChI is InChI=1S/C6H4Br2N/c1-4-6(8)2-5(7)3-9-4/h2H,1H3. The Morgan fingerprint density at radius 3 is 2.67 bits per heavy atom. The maximum atomic E-state index is 3.96. The largest absolute Gasteiger partial charge is 0.249 e. The normalized spacial score (nSPS) is 9.67. The highest BCUT2D eigenvalue weighted by molar-refractivity contribution is 9.11. The van der Waals surface area contributed by atoms with E-state index in [4.69, 9.17) is 0 Å². The molecule has 0 aliphatic rings. The summed E-state index contributed by atoms with van der Waals surface area (Å²) in [4.78, 5) is 3.96. The minimum atomic E-state index is 0.875. The van der Waals surface area contributed by atoms with Crippen molar-refractivity contribution < 1.29 is 0 Å². The van der Waals surface area contributed by atoms with Gasteiger partial charge < -0.3 is 0 Å². The maximum absolute atomic E-state index is 3.96. The van der Waals surface area contributed by atoms with E-state index in [1.165, 1.54) is 0 Å². The molecule has 1 radical (unpaired) electrons. The van der Waals surface area contributed by atoms with Gasteiger partial charge in [0.05, 0.1) is 5.69 Å².